The second-order valence-corrected chi connectivity index (χ2v) is 5.19. The Kier molecular flexibility index (Phi) is 4.54. The quantitative estimate of drug-likeness (QED) is 0.801. The maximum absolute atomic E-state index is 4.10. The van der Waals surface area contributed by atoms with E-state index in [0.717, 1.165) is 17.7 Å². The van der Waals surface area contributed by atoms with E-state index in [1.807, 2.05) is 0 Å². The molecule has 2 heterocycles. The third-order valence-electron chi connectivity index (χ3n) is 3.20. The minimum Gasteiger partial charge on any atom is -0.360 e. The minimum atomic E-state index is 0.773. The summed E-state index contributed by atoms with van der Waals surface area (Å²) in [5.74, 6) is 0. The minimum absolute atomic E-state index is 0.773. The first-order valence-electron chi connectivity index (χ1n) is 6.11. The van der Waals surface area contributed by atoms with Gasteiger partial charge in [0.25, 0.3) is 0 Å². The Morgan fingerprint density at radius 3 is 3.25 bits per heavy atom. The van der Waals surface area contributed by atoms with Crippen LogP contribution >= 0.6 is 11.5 Å². The Morgan fingerprint density at radius 2 is 2.50 bits per heavy atom. The molecule has 1 aliphatic heterocycles. The van der Waals surface area contributed by atoms with Crippen molar-refractivity contribution in [3.63, 3.8) is 0 Å². The fourth-order valence-electron chi connectivity index (χ4n) is 2.22. The maximum atomic E-state index is 4.10. The summed E-state index contributed by atoms with van der Waals surface area (Å²) < 4.78 is 3.96. The molecule has 2 rings (SSSR count). The third kappa shape index (κ3) is 3.42. The Bertz CT molecular complexity index is 288. The van der Waals surface area contributed by atoms with Gasteiger partial charge in [0, 0.05) is 30.7 Å². The Labute approximate surface area is 101 Å². The molecule has 1 fully saturated rings. The van der Waals surface area contributed by atoms with Gasteiger partial charge >= 0.3 is 0 Å². The van der Waals surface area contributed by atoms with Crippen LogP contribution in [0.2, 0.25) is 0 Å². The van der Waals surface area contributed by atoms with E-state index in [-0.39, 0.29) is 0 Å². The van der Waals surface area contributed by atoms with Gasteiger partial charge in [-0.05, 0) is 32.7 Å². The average Bonchev–Trinajstić information content (AvgIpc) is 2.79. The molecule has 90 valence electrons. The van der Waals surface area contributed by atoms with Crippen LogP contribution in [-0.4, -0.2) is 39.9 Å². The molecule has 1 aromatic heterocycles. The molecule has 1 saturated heterocycles. The van der Waals surface area contributed by atoms with Crippen LogP contribution < -0.4 is 5.32 Å². The summed E-state index contributed by atoms with van der Waals surface area (Å²) in [4.78, 5) is 6.70. The van der Waals surface area contributed by atoms with E-state index in [1.165, 1.54) is 50.3 Å². The Balaban J connectivity index is 1.60. The summed E-state index contributed by atoms with van der Waals surface area (Å²) in [6.45, 7) is 5.82. The smallest absolute Gasteiger partial charge is 0.202 e. The number of hydrogen-bond acceptors (Lipinski definition) is 5. The van der Waals surface area contributed by atoms with Gasteiger partial charge in [-0.25, -0.2) is 4.98 Å². The fraction of sp³-hybridized carbons (Fsp3) is 0.818. The van der Waals surface area contributed by atoms with E-state index in [2.05, 4.69) is 26.5 Å². The van der Waals surface area contributed by atoms with Gasteiger partial charge in [0.15, 0.2) is 0 Å². The molecule has 4 nitrogen and oxygen atoms in total. The summed E-state index contributed by atoms with van der Waals surface area (Å²) in [5, 5.41) is 4.23. The summed E-state index contributed by atoms with van der Waals surface area (Å²) in [5.41, 5.74) is 0. The SMILES string of the molecule is CC1CCCCN1CCCNc1ncns1. The van der Waals surface area contributed by atoms with Crippen molar-refractivity contribution < 1.29 is 0 Å². The lowest BCUT2D eigenvalue weighted by molar-refractivity contribution is 0.160. The Morgan fingerprint density at radius 1 is 1.56 bits per heavy atom. The highest BCUT2D eigenvalue weighted by molar-refractivity contribution is 7.09. The molecular formula is C11H20N4S. The zero-order chi connectivity index (χ0) is 11.2. The first-order chi connectivity index (χ1) is 7.86. The average molecular weight is 240 g/mol. The van der Waals surface area contributed by atoms with E-state index in [9.17, 15) is 0 Å². The van der Waals surface area contributed by atoms with Crippen LogP contribution in [0.3, 0.4) is 0 Å². The first-order valence-corrected chi connectivity index (χ1v) is 6.88. The van der Waals surface area contributed by atoms with Gasteiger partial charge in [0.2, 0.25) is 5.13 Å². The molecule has 0 bridgehead atoms. The third-order valence-corrected chi connectivity index (χ3v) is 3.82. The highest BCUT2D eigenvalue weighted by atomic mass is 32.1. The second-order valence-electron chi connectivity index (χ2n) is 4.41. The van der Waals surface area contributed by atoms with E-state index < -0.39 is 0 Å². The number of likely N-dealkylation sites (tertiary alicyclic amines) is 1. The van der Waals surface area contributed by atoms with Gasteiger partial charge in [0.1, 0.15) is 6.33 Å². The molecule has 0 aromatic carbocycles. The van der Waals surface area contributed by atoms with Crippen molar-refractivity contribution in [2.24, 2.45) is 0 Å². The van der Waals surface area contributed by atoms with Gasteiger partial charge in [-0.2, -0.15) is 4.37 Å². The van der Waals surface area contributed by atoms with Crippen LogP contribution in [0.4, 0.5) is 5.13 Å². The molecule has 1 unspecified atom stereocenters. The highest BCUT2D eigenvalue weighted by Crippen LogP contribution is 2.16. The van der Waals surface area contributed by atoms with Gasteiger partial charge in [0.05, 0.1) is 0 Å². The number of rotatable bonds is 5. The molecule has 0 amide bonds. The molecule has 0 aliphatic carbocycles. The zero-order valence-electron chi connectivity index (χ0n) is 9.85. The van der Waals surface area contributed by atoms with Crippen molar-refractivity contribution in [1.82, 2.24) is 14.3 Å². The van der Waals surface area contributed by atoms with E-state index in [1.54, 1.807) is 6.33 Å². The lowest BCUT2D eigenvalue weighted by Crippen LogP contribution is -2.38. The number of piperidine rings is 1. The highest BCUT2D eigenvalue weighted by Gasteiger charge is 2.16. The molecule has 16 heavy (non-hydrogen) atoms. The van der Waals surface area contributed by atoms with Gasteiger partial charge in [-0.3, -0.25) is 0 Å². The summed E-state index contributed by atoms with van der Waals surface area (Å²) in [6.07, 6.45) is 6.92. The second kappa shape index (κ2) is 6.15. The summed E-state index contributed by atoms with van der Waals surface area (Å²) >= 11 is 1.42. The molecule has 1 N–H and O–H groups in total. The van der Waals surface area contributed by atoms with Crippen LogP contribution in [0.15, 0.2) is 6.33 Å². The van der Waals surface area contributed by atoms with E-state index in [4.69, 9.17) is 0 Å². The van der Waals surface area contributed by atoms with Crippen LogP contribution in [0, 0.1) is 0 Å². The van der Waals surface area contributed by atoms with Crippen molar-refractivity contribution in [2.75, 3.05) is 25.0 Å². The van der Waals surface area contributed by atoms with Crippen molar-refractivity contribution in [1.29, 1.82) is 0 Å². The summed E-state index contributed by atoms with van der Waals surface area (Å²) in [6, 6.07) is 0.773. The molecule has 1 atom stereocenters. The Hall–Kier alpha value is -0.680. The molecular weight excluding hydrogens is 220 g/mol. The summed E-state index contributed by atoms with van der Waals surface area (Å²) in [7, 11) is 0. The fourth-order valence-corrected chi connectivity index (χ4v) is 2.67. The molecule has 5 heteroatoms. The molecule has 0 saturated carbocycles. The van der Waals surface area contributed by atoms with Gasteiger partial charge in [-0.1, -0.05) is 6.42 Å². The van der Waals surface area contributed by atoms with Gasteiger partial charge < -0.3 is 10.2 Å². The van der Waals surface area contributed by atoms with E-state index in [0.29, 0.717) is 0 Å². The lowest BCUT2D eigenvalue weighted by Gasteiger charge is -2.33. The monoisotopic (exact) mass is 240 g/mol. The predicted octanol–water partition coefficient (Wildman–Crippen LogP) is 2.21. The van der Waals surface area contributed by atoms with Crippen molar-refractivity contribution in [2.45, 2.75) is 38.6 Å². The van der Waals surface area contributed by atoms with Crippen LogP contribution in [0.1, 0.15) is 32.6 Å². The first kappa shape index (κ1) is 11.8. The molecule has 1 aliphatic rings. The molecule has 1 aromatic rings. The maximum Gasteiger partial charge on any atom is 0.202 e. The van der Waals surface area contributed by atoms with Crippen LogP contribution in [-0.2, 0) is 0 Å². The van der Waals surface area contributed by atoms with Gasteiger partial charge in [-0.15, -0.1) is 0 Å². The van der Waals surface area contributed by atoms with Crippen molar-refractivity contribution in [3.05, 3.63) is 6.33 Å². The van der Waals surface area contributed by atoms with E-state index >= 15 is 0 Å². The standard InChI is InChI=1S/C11H20N4S/c1-10-5-2-3-7-15(10)8-4-6-12-11-13-9-14-16-11/h9-10H,2-8H2,1H3,(H,12,13,14). The number of hydrogen-bond donors (Lipinski definition) is 1. The van der Waals surface area contributed by atoms with Crippen molar-refractivity contribution in [3.8, 4) is 0 Å². The number of anilines is 1. The number of nitrogens with zero attached hydrogens (tertiary/aromatic N) is 3. The number of nitrogens with one attached hydrogen (secondary N) is 1. The van der Waals surface area contributed by atoms with Crippen LogP contribution in [0.5, 0.6) is 0 Å². The molecule has 0 radical (unpaired) electrons. The lowest BCUT2D eigenvalue weighted by atomic mass is 10.0. The molecule has 0 spiro atoms. The predicted molar refractivity (Wildman–Crippen MR) is 67.9 cm³/mol. The number of aromatic nitrogens is 2. The van der Waals surface area contributed by atoms with Crippen molar-refractivity contribution >= 4 is 16.7 Å². The zero-order valence-corrected chi connectivity index (χ0v) is 10.7. The normalized spacial score (nSPS) is 22.2. The topological polar surface area (TPSA) is 41.0 Å². The van der Waals surface area contributed by atoms with Crippen LogP contribution in [0.25, 0.3) is 0 Å². The largest absolute Gasteiger partial charge is 0.360 e.